The van der Waals surface area contributed by atoms with Crippen LogP contribution in [-0.4, -0.2) is 37.7 Å². The Kier molecular flexibility index (Phi) is 3.46. The third-order valence-corrected chi connectivity index (χ3v) is 4.39. The maximum Gasteiger partial charge on any atom is 0.228 e. The third kappa shape index (κ3) is 2.47. The Morgan fingerprint density at radius 1 is 1.25 bits per heavy atom. The van der Waals surface area contributed by atoms with Crippen molar-refractivity contribution in [3.8, 4) is 0 Å². The number of carbonyl (C=O) groups excluding carboxylic acids is 2. The average molecular weight is 295 g/mol. The Labute approximate surface area is 118 Å². The number of Topliss-reactive ketones (excluding diaryl/α,β-unsaturated/α-hetero) is 1. The number of anilines is 1. The van der Waals surface area contributed by atoms with Crippen molar-refractivity contribution in [3.63, 3.8) is 0 Å². The molecule has 0 aromatic heterocycles. The molecule has 0 unspecified atom stereocenters. The van der Waals surface area contributed by atoms with E-state index in [1.54, 1.807) is 38.1 Å². The maximum atomic E-state index is 12.3. The molecule has 0 saturated carbocycles. The van der Waals surface area contributed by atoms with Crippen molar-refractivity contribution in [3.05, 3.63) is 29.8 Å². The number of rotatable bonds is 3. The second-order valence-corrected chi connectivity index (χ2v) is 7.77. The summed E-state index contributed by atoms with van der Waals surface area (Å²) in [5, 5.41) is 0. The molecule has 5 nitrogen and oxygen atoms in total. The highest BCUT2D eigenvalue weighted by Gasteiger charge is 2.46. The number of benzene rings is 1. The molecule has 0 atom stereocenters. The van der Waals surface area contributed by atoms with Gasteiger partial charge in [0.2, 0.25) is 5.91 Å². The summed E-state index contributed by atoms with van der Waals surface area (Å²) < 4.78 is 22.4. The number of sulfone groups is 1. The highest BCUT2D eigenvalue weighted by atomic mass is 32.2. The minimum Gasteiger partial charge on any atom is -0.299 e. The van der Waals surface area contributed by atoms with Crippen LogP contribution in [0.2, 0.25) is 0 Å². The molecule has 1 amide bonds. The molecule has 20 heavy (non-hydrogen) atoms. The van der Waals surface area contributed by atoms with Crippen LogP contribution in [0.15, 0.2) is 24.3 Å². The Balaban J connectivity index is 2.35. The molecule has 1 aromatic carbocycles. The molecule has 1 aromatic rings. The van der Waals surface area contributed by atoms with Crippen molar-refractivity contribution in [2.45, 2.75) is 25.8 Å². The molecule has 2 rings (SSSR count). The van der Waals surface area contributed by atoms with Crippen molar-refractivity contribution in [2.24, 2.45) is 0 Å². The van der Waals surface area contributed by atoms with Crippen LogP contribution >= 0.6 is 0 Å². The molecule has 1 heterocycles. The molecule has 0 radical (unpaired) electrons. The lowest BCUT2D eigenvalue weighted by molar-refractivity contribution is -0.118. The van der Waals surface area contributed by atoms with Gasteiger partial charge in [-0.05, 0) is 26.0 Å². The van der Waals surface area contributed by atoms with Crippen molar-refractivity contribution in [2.75, 3.05) is 16.9 Å². The minimum atomic E-state index is -3.21. The van der Waals surface area contributed by atoms with Gasteiger partial charge in [0.05, 0.1) is 11.4 Å². The van der Waals surface area contributed by atoms with Gasteiger partial charge in [0, 0.05) is 18.2 Å². The predicted octanol–water partition coefficient (Wildman–Crippen LogP) is 1.43. The molecule has 6 heteroatoms. The Hall–Kier alpha value is -1.69. The smallest absolute Gasteiger partial charge is 0.228 e. The van der Waals surface area contributed by atoms with Crippen molar-refractivity contribution < 1.29 is 18.0 Å². The second-order valence-electron chi connectivity index (χ2n) is 5.51. The van der Waals surface area contributed by atoms with Gasteiger partial charge in [-0.15, -0.1) is 0 Å². The first kappa shape index (κ1) is 14.7. The Bertz CT molecular complexity index is 676. The van der Waals surface area contributed by atoms with Gasteiger partial charge in [-0.25, -0.2) is 8.42 Å². The largest absolute Gasteiger partial charge is 0.299 e. The highest BCUT2D eigenvalue weighted by Crippen LogP contribution is 2.38. The van der Waals surface area contributed by atoms with Crippen molar-refractivity contribution in [1.82, 2.24) is 0 Å². The van der Waals surface area contributed by atoms with E-state index in [0.717, 1.165) is 6.26 Å². The molecule has 0 N–H and O–H groups in total. The lowest BCUT2D eigenvalue weighted by Gasteiger charge is -2.30. The fraction of sp³-hybridized carbons (Fsp3) is 0.429. The fourth-order valence-corrected chi connectivity index (χ4v) is 2.97. The van der Waals surface area contributed by atoms with Gasteiger partial charge in [0.1, 0.15) is 15.4 Å². The molecule has 0 bridgehead atoms. The fourth-order valence-electron chi connectivity index (χ4n) is 2.42. The zero-order valence-electron chi connectivity index (χ0n) is 11.7. The summed E-state index contributed by atoms with van der Waals surface area (Å²) in [5.74, 6) is -0.686. The van der Waals surface area contributed by atoms with E-state index in [0.29, 0.717) is 11.3 Å². The molecule has 1 aliphatic heterocycles. The summed E-state index contributed by atoms with van der Waals surface area (Å²) >= 11 is 0. The topological polar surface area (TPSA) is 71.5 Å². The zero-order valence-corrected chi connectivity index (χ0v) is 12.5. The van der Waals surface area contributed by atoms with Gasteiger partial charge < -0.3 is 0 Å². The van der Waals surface area contributed by atoms with Crippen LogP contribution in [0.3, 0.4) is 0 Å². The van der Waals surface area contributed by atoms with Crippen LogP contribution in [0.1, 0.15) is 30.6 Å². The van der Waals surface area contributed by atoms with E-state index in [-0.39, 0.29) is 23.9 Å². The summed E-state index contributed by atoms with van der Waals surface area (Å²) in [7, 11) is -3.21. The molecule has 0 spiro atoms. The van der Waals surface area contributed by atoms with Gasteiger partial charge in [0.15, 0.2) is 5.78 Å². The summed E-state index contributed by atoms with van der Waals surface area (Å²) in [6, 6.07) is 6.89. The second kappa shape index (κ2) is 4.70. The number of hydrogen-bond donors (Lipinski definition) is 0. The minimum absolute atomic E-state index is 0.121. The summed E-state index contributed by atoms with van der Waals surface area (Å²) in [5.41, 5.74) is 0.0874. The van der Waals surface area contributed by atoms with Crippen LogP contribution in [0.25, 0.3) is 0 Å². The van der Waals surface area contributed by atoms with E-state index in [9.17, 15) is 18.0 Å². The third-order valence-electron chi connectivity index (χ3n) is 3.44. The van der Waals surface area contributed by atoms with Crippen LogP contribution in [0.5, 0.6) is 0 Å². The number of para-hydroxylation sites is 1. The van der Waals surface area contributed by atoms with Crippen molar-refractivity contribution in [1.29, 1.82) is 0 Å². The summed E-state index contributed by atoms with van der Waals surface area (Å²) in [4.78, 5) is 26.1. The van der Waals surface area contributed by atoms with Crippen LogP contribution in [0.4, 0.5) is 5.69 Å². The van der Waals surface area contributed by atoms with Crippen LogP contribution < -0.4 is 4.90 Å². The first-order valence-corrected chi connectivity index (χ1v) is 8.35. The van der Waals surface area contributed by atoms with Gasteiger partial charge in [0.25, 0.3) is 0 Å². The molecular weight excluding hydrogens is 278 g/mol. The molecule has 0 saturated heterocycles. The number of amides is 1. The predicted molar refractivity (Wildman–Crippen MR) is 76.7 cm³/mol. The summed E-state index contributed by atoms with van der Waals surface area (Å²) in [6.07, 6.45) is 0.971. The maximum absolute atomic E-state index is 12.3. The quantitative estimate of drug-likeness (QED) is 0.845. The number of hydrogen-bond acceptors (Lipinski definition) is 4. The molecule has 0 aliphatic carbocycles. The van der Waals surface area contributed by atoms with E-state index in [4.69, 9.17) is 0 Å². The molecular formula is C14H17NO4S. The normalized spacial score (nSPS) is 17.1. The van der Waals surface area contributed by atoms with Gasteiger partial charge >= 0.3 is 0 Å². The highest BCUT2D eigenvalue weighted by molar-refractivity contribution is 7.90. The number of ketones is 1. The first-order valence-electron chi connectivity index (χ1n) is 6.29. The number of fused-ring (bicyclic) bond motifs is 1. The van der Waals surface area contributed by atoms with E-state index >= 15 is 0 Å². The monoisotopic (exact) mass is 295 g/mol. The summed E-state index contributed by atoms with van der Waals surface area (Å²) in [6.45, 7) is 3.35. The zero-order chi connectivity index (χ0) is 15.1. The van der Waals surface area contributed by atoms with Crippen molar-refractivity contribution >= 4 is 27.2 Å². The lowest BCUT2D eigenvalue weighted by atomic mass is 9.97. The first-order chi connectivity index (χ1) is 9.14. The Morgan fingerprint density at radius 3 is 2.45 bits per heavy atom. The molecule has 108 valence electrons. The molecule has 1 aliphatic rings. The molecule has 0 fully saturated rings. The van der Waals surface area contributed by atoms with Crippen LogP contribution in [-0.2, 0) is 14.6 Å². The average Bonchev–Trinajstić information content (AvgIpc) is 2.54. The van der Waals surface area contributed by atoms with E-state index in [1.807, 2.05) is 0 Å². The van der Waals surface area contributed by atoms with Gasteiger partial charge in [-0.1, -0.05) is 12.1 Å². The van der Waals surface area contributed by atoms with E-state index in [1.165, 1.54) is 4.90 Å². The standard InChI is InChI=1S/C14H17NO4S/c1-14(2)13(17)10-6-4-5-7-11(10)15(14)12(16)8-9-20(3,18)19/h4-7H,8-9H2,1-3H3. The van der Waals surface area contributed by atoms with Gasteiger partial charge in [-0.3, -0.25) is 14.5 Å². The van der Waals surface area contributed by atoms with Crippen LogP contribution in [0, 0.1) is 0 Å². The Morgan fingerprint density at radius 2 is 1.85 bits per heavy atom. The SMILES string of the molecule is CC1(C)C(=O)c2ccccc2N1C(=O)CCS(C)(=O)=O. The van der Waals surface area contributed by atoms with Gasteiger partial charge in [-0.2, -0.15) is 0 Å². The number of nitrogens with zero attached hydrogens (tertiary/aromatic N) is 1. The lowest BCUT2D eigenvalue weighted by Crippen LogP contribution is -2.48. The van der Waals surface area contributed by atoms with E-state index < -0.39 is 15.4 Å². The van der Waals surface area contributed by atoms with E-state index in [2.05, 4.69) is 0 Å². The number of carbonyl (C=O) groups is 2.